The van der Waals surface area contributed by atoms with Crippen molar-refractivity contribution in [1.29, 1.82) is 0 Å². The first-order valence-corrected chi connectivity index (χ1v) is 14.6. The second-order valence-electron chi connectivity index (χ2n) is 10.9. The Morgan fingerprint density at radius 2 is 0.878 bits per heavy atom. The number of hydrogen-bond donors (Lipinski definition) is 2. The van der Waals surface area contributed by atoms with Crippen molar-refractivity contribution in [1.82, 2.24) is 9.80 Å². The van der Waals surface area contributed by atoms with Gasteiger partial charge in [0, 0.05) is 64.3 Å². The van der Waals surface area contributed by atoms with E-state index in [-0.39, 0.29) is 19.1 Å². The van der Waals surface area contributed by atoms with Crippen LogP contribution in [-0.4, -0.2) is 59.5 Å². The molecule has 0 amide bonds. The fourth-order valence-corrected chi connectivity index (χ4v) is 5.03. The monoisotopic (exact) mass is 552 g/mol. The molecule has 0 unspecified atom stereocenters. The smallest absolute Gasteiger partial charge is 0.0528 e. The molecular weight excluding hydrogens is 508 g/mol. The van der Waals surface area contributed by atoms with Gasteiger partial charge in [0.25, 0.3) is 0 Å². The van der Waals surface area contributed by atoms with Crippen LogP contribution in [0.1, 0.15) is 22.3 Å². The zero-order valence-corrected chi connectivity index (χ0v) is 24.0. The third-order valence-corrected chi connectivity index (χ3v) is 7.25. The normalized spacial score (nSPS) is 13.2. The zero-order chi connectivity index (χ0) is 28.5. The van der Waals surface area contributed by atoms with E-state index in [2.05, 4.69) is 94.7 Å². The van der Waals surface area contributed by atoms with E-state index in [0.29, 0.717) is 12.5 Å². The first-order valence-electron chi connectivity index (χ1n) is 14.6. The average Bonchev–Trinajstić information content (AvgIpc) is 3.00. The second kappa shape index (κ2) is 17.5. The Kier molecular flexibility index (Phi) is 13.1. The van der Waals surface area contributed by atoms with E-state index in [1.807, 2.05) is 36.4 Å². The van der Waals surface area contributed by atoms with Crippen LogP contribution in [0.25, 0.3) is 0 Å². The Hall–Kier alpha value is -3.32. The maximum atomic E-state index is 9.32. The van der Waals surface area contributed by atoms with Crippen molar-refractivity contribution in [3.05, 3.63) is 144 Å². The Morgan fingerprint density at radius 3 is 1.17 bits per heavy atom. The standard InChI is InChI=1S/C18H23NO2.C18H21NO/c20-14-18(15-21)13-19(11-16-7-3-1-4-8-16)12-17-9-5-2-6-10-17;1-3-7-16(8-4-1)11-19(13-18-14-20-15-18)12-17-9-5-2-6-10-17/h1-10,18,20-21H,11-15H2;1-10,18H,11-15H2. The molecule has 1 fully saturated rings. The number of benzene rings is 4. The van der Waals surface area contributed by atoms with Gasteiger partial charge in [-0.05, 0) is 22.3 Å². The molecule has 5 nitrogen and oxygen atoms in total. The molecule has 1 saturated heterocycles. The van der Waals surface area contributed by atoms with E-state index in [4.69, 9.17) is 4.74 Å². The summed E-state index contributed by atoms with van der Waals surface area (Å²) < 4.78 is 5.31. The molecule has 0 aromatic heterocycles. The number of rotatable bonds is 14. The lowest BCUT2D eigenvalue weighted by atomic mass is 10.1. The fraction of sp³-hybridized carbons (Fsp3) is 0.333. The largest absolute Gasteiger partial charge is 0.396 e. The molecule has 2 N–H and O–H groups in total. The number of hydrogen-bond acceptors (Lipinski definition) is 5. The summed E-state index contributed by atoms with van der Waals surface area (Å²) in [7, 11) is 0. The van der Waals surface area contributed by atoms with E-state index in [1.54, 1.807) is 0 Å². The highest BCUT2D eigenvalue weighted by molar-refractivity contribution is 5.18. The number of aliphatic hydroxyl groups is 2. The highest BCUT2D eigenvalue weighted by Gasteiger charge is 2.22. The maximum Gasteiger partial charge on any atom is 0.0528 e. The van der Waals surface area contributed by atoms with E-state index < -0.39 is 0 Å². The Labute approximate surface area is 245 Å². The van der Waals surface area contributed by atoms with Crippen molar-refractivity contribution in [2.45, 2.75) is 26.2 Å². The predicted molar refractivity (Wildman–Crippen MR) is 166 cm³/mol. The molecule has 0 radical (unpaired) electrons. The minimum Gasteiger partial charge on any atom is -0.396 e. The van der Waals surface area contributed by atoms with Crippen LogP contribution in [0.2, 0.25) is 0 Å². The van der Waals surface area contributed by atoms with E-state index >= 15 is 0 Å². The molecule has 1 aliphatic rings. The Bertz CT molecular complexity index is 1120. The third kappa shape index (κ3) is 11.2. The van der Waals surface area contributed by atoms with Gasteiger partial charge in [0.15, 0.2) is 0 Å². The topological polar surface area (TPSA) is 56.2 Å². The minimum absolute atomic E-state index is 0.0105. The molecule has 1 aliphatic heterocycles. The summed E-state index contributed by atoms with van der Waals surface area (Å²) in [5.41, 5.74) is 5.23. The quantitative estimate of drug-likeness (QED) is 0.213. The highest BCUT2D eigenvalue weighted by Crippen LogP contribution is 2.17. The molecule has 5 rings (SSSR count). The molecular formula is C36H44N2O3. The highest BCUT2D eigenvalue weighted by atomic mass is 16.5. The van der Waals surface area contributed by atoms with Crippen molar-refractivity contribution >= 4 is 0 Å². The van der Waals surface area contributed by atoms with Gasteiger partial charge in [0.2, 0.25) is 0 Å². The van der Waals surface area contributed by atoms with Gasteiger partial charge in [-0.3, -0.25) is 9.80 Å². The molecule has 5 heteroatoms. The lowest BCUT2D eigenvalue weighted by Crippen LogP contribution is -2.39. The molecule has 0 bridgehead atoms. The summed E-state index contributed by atoms with van der Waals surface area (Å²) in [6.45, 7) is 7.28. The molecule has 0 spiro atoms. The molecule has 41 heavy (non-hydrogen) atoms. The number of aliphatic hydroxyl groups excluding tert-OH is 2. The van der Waals surface area contributed by atoms with E-state index in [0.717, 1.165) is 45.9 Å². The van der Waals surface area contributed by atoms with Gasteiger partial charge < -0.3 is 14.9 Å². The van der Waals surface area contributed by atoms with E-state index in [1.165, 1.54) is 22.3 Å². The summed E-state index contributed by atoms with van der Waals surface area (Å²) in [6.07, 6.45) is 0. The van der Waals surface area contributed by atoms with Gasteiger partial charge in [-0.2, -0.15) is 0 Å². The van der Waals surface area contributed by atoms with Crippen LogP contribution in [0, 0.1) is 11.8 Å². The molecule has 216 valence electrons. The number of nitrogens with zero attached hydrogens (tertiary/aromatic N) is 2. The second-order valence-corrected chi connectivity index (χ2v) is 10.9. The van der Waals surface area contributed by atoms with Crippen molar-refractivity contribution in [2.24, 2.45) is 11.8 Å². The predicted octanol–water partition coefficient (Wildman–Crippen LogP) is 5.62. The zero-order valence-electron chi connectivity index (χ0n) is 24.0. The third-order valence-electron chi connectivity index (χ3n) is 7.25. The molecule has 1 heterocycles. The van der Waals surface area contributed by atoms with Gasteiger partial charge in [0.1, 0.15) is 0 Å². The summed E-state index contributed by atoms with van der Waals surface area (Å²) in [6, 6.07) is 42.0. The fourth-order valence-electron chi connectivity index (χ4n) is 5.03. The van der Waals surface area contributed by atoms with Crippen LogP contribution in [0.15, 0.2) is 121 Å². The van der Waals surface area contributed by atoms with Crippen molar-refractivity contribution in [2.75, 3.05) is 39.5 Å². The SMILES string of the molecule is OCC(CO)CN(Cc1ccccc1)Cc1ccccc1.c1ccc(CN(Cc2ccccc2)CC2COC2)cc1. The lowest BCUT2D eigenvalue weighted by molar-refractivity contribution is -0.0485. The summed E-state index contributed by atoms with van der Waals surface area (Å²) in [5.74, 6) is 0.597. The summed E-state index contributed by atoms with van der Waals surface area (Å²) in [4.78, 5) is 4.79. The van der Waals surface area contributed by atoms with Crippen LogP contribution >= 0.6 is 0 Å². The number of ether oxygens (including phenoxy) is 1. The van der Waals surface area contributed by atoms with Gasteiger partial charge >= 0.3 is 0 Å². The first kappa shape index (κ1) is 30.6. The van der Waals surface area contributed by atoms with Crippen molar-refractivity contribution in [3.8, 4) is 0 Å². The summed E-state index contributed by atoms with van der Waals surface area (Å²) in [5, 5.41) is 18.6. The van der Waals surface area contributed by atoms with Gasteiger partial charge in [0.05, 0.1) is 13.2 Å². The van der Waals surface area contributed by atoms with Gasteiger partial charge in [-0.25, -0.2) is 0 Å². The van der Waals surface area contributed by atoms with Gasteiger partial charge in [-0.1, -0.05) is 121 Å². The Balaban J connectivity index is 0.000000189. The molecule has 0 aliphatic carbocycles. The van der Waals surface area contributed by atoms with Crippen LogP contribution in [0.5, 0.6) is 0 Å². The van der Waals surface area contributed by atoms with Gasteiger partial charge in [-0.15, -0.1) is 0 Å². The Morgan fingerprint density at radius 1 is 0.537 bits per heavy atom. The van der Waals surface area contributed by atoms with Crippen LogP contribution < -0.4 is 0 Å². The van der Waals surface area contributed by atoms with Crippen molar-refractivity contribution < 1.29 is 14.9 Å². The first-order chi connectivity index (χ1) is 20.2. The van der Waals surface area contributed by atoms with Crippen LogP contribution in [0.3, 0.4) is 0 Å². The molecule has 0 atom stereocenters. The van der Waals surface area contributed by atoms with Crippen molar-refractivity contribution in [3.63, 3.8) is 0 Å². The minimum atomic E-state index is -0.0996. The van der Waals surface area contributed by atoms with Crippen LogP contribution in [0.4, 0.5) is 0 Å². The lowest BCUT2D eigenvalue weighted by Gasteiger charge is -2.32. The summed E-state index contributed by atoms with van der Waals surface area (Å²) >= 11 is 0. The van der Waals surface area contributed by atoms with E-state index in [9.17, 15) is 10.2 Å². The molecule has 4 aromatic carbocycles. The van der Waals surface area contributed by atoms with Crippen LogP contribution in [-0.2, 0) is 30.9 Å². The molecule has 4 aromatic rings. The maximum absolute atomic E-state index is 9.32. The average molecular weight is 553 g/mol. The molecule has 0 saturated carbocycles.